The van der Waals surface area contributed by atoms with Crippen molar-refractivity contribution in [3.8, 4) is 0 Å². The first-order valence-electron chi connectivity index (χ1n) is 5.27. The Morgan fingerprint density at radius 2 is 1.55 bits per heavy atom. The minimum Gasteiger partial charge on any atom is -0.725 e. The van der Waals surface area contributed by atoms with Gasteiger partial charge in [0, 0.05) is 5.56 Å². The Hall–Kier alpha value is -1.04. The molecule has 10 heteroatoms. The lowest BCUT2D eigenvalue weighted by atomic mass is 10.2. The van der Waals surface area contributed by atoms with Gasteiger partial charge in [0.1, 0.15) is 6.54 Å². The fourth-order valence-electron chi connectivity index (χ4n) is 1.24. The van der Waals surface area contributed by atoms with E-state index in [1.165, 1.54) is 5.56 Å². The van der Waals surface area contributed by atoms with E-state index in [1.807, 2.05) is 0 Å². The predicted molar refractivity (Wildman–Crippen MR) is 70.5 cm³/mol. The molecule has 8 nitrogen and oxygen atoms in total. The van der Waals surface area contributed by atoms with Crippen LogP contribution in [0.15, 0.2) is 30.3 Å². The molecule has 0 bridgehead atoms. The first-order chi connectivity index (χ1) is 8.79. The van der Waals surface area contributed by atoms with Gasteiger partial charge in [0.15, 0.2) is 0 Å². The highest BCUT2D eigenvalue weighted by atomic mass is 32.3. The van der Waals surface area contributed by atoms with Crippen LogP contribution in [0.2, 0.25) is 0 Å². The van der Waals surface area contributed by atoms with Crippen molar-refractivity contribution in [3.05, 3.63) is 35.9 Å². The Balaban J connectivity index is 0.000000370. The third-order valence-corrected chi connectivity index (χ3v) is 3.02. The lowest BCUT2D eigenvalue weighted by Crippen LogP contribution is -2.33. The summed E-state index contributed by atoms with van der Waals surface area (Å²) in [5.74, 6) is 0. The number of hydrogen-bond acceptors (Lipinski definition) is 6. The normalized spacial score (nSPS) is 12.4. The van der Waals surface area contributed by atoms with Gasteiger partial charge in [-0.3, -0.25) is 4.55 Å². The van der Waals surface area contributed by atoms with Crippen molar-refractivity contribution in [2.24, 2.45) is 0 Å². The van der Waals surface area contributed by atoms with Gasteiger partial charge in [0.05, 0.1) is 21.1 Å². The van der Waals surface area contributed by atoms with Gasteiger partial charge in [-0.25, -0.2) is 8.42 Å². The van der Waals surface area contributed by atoms with Crippen molar-refractivity contribution in [2.75, 3.05) is 21.1 Å². The van der Waals surface area contributed by atoms with Gasteiger partial charge < -0.3 is 9.04 Å². The zero-order valence-corrected chi connectivity index (χ0v) is 12.9. The van der Waals surface area contributed by atoms with Crippen LogP contribution in [0.1, 0.15) is 5.56 Å². The molecule has 0 aliphatic carbocycles. The molecule has 0 amide bonds. The molecule has 0 radical (unpaired) electrons. The first kappa shape index (κ1) is 19.0. The number of rotatable bonds is 4. The van der Waals surface area contributed by atoms with Crippen LogP contribution in [0, 0.1) is 0 Å². The number of hydrogen-bond donors (Lipinski definition) is 1. The lowest BCUT2D eigenvalue weighted by molar-refractivity contribution is -0.884. The van der Waals surface area contributed by atoms with Crippen LogP contribution in [0.4, 0.5) is 0 Å². The minimum absolute atomic E-state index is 0.990. The van der Waals surface area contributed by atoms with Gasteiger partial charge >= 0.3 is 10.4 Å². The second kappa shape index (κ2) is 7.11. The van der Waals surface area contributed by atoms with Crippen molar-refractivity contribution in [1.82, 2.24) is 0 Å². The SMILES string of the molecule is C[N+](C)(C)Cc1ccccc1.O=S(=O)([O-])OS(=O)(=O)O. The maximum absolute atomic E-state index is 9.40. The first-order valence-corrected chi connectivity index (χ1v) is 7.97. The molecule has 0 fully saturated rings. The Kier molecular flexibility index (Phi) is 6.74. The zero-order valence-electron chi connectivity index (χ0n) is 11.3. The molecular formula is C10H17NO7S2. The van der Waals surface area contributed by atoms with E-state index >= 15 is 0 Å². The summed E-state index contributed by atoms with van der Waals surface area (Å²) in [6.07, 6.45) is 0. The van der Waals surface area contributed by atoms with E-state index in [9.17, 15) is 21.4 Å². The molecule has 20 heavy (non-hydrogen) atoms. The molecule has 0 aliphatic rings. The molecule has 0 spiro atoms. The smallest absolute Gasteiger partial charge is 0.411 e. The van der Waals surface area contributed by atoms with E-state index in [4.69, 9.17) is 4.55 Å². The average molecular weight is 327 g/mol. The van der Waals surface area contributed by atoms with Crippen molar-refractivity contribution >= 4 is 20.8 Å². The second-order valence-electron chi connectivity index (χ2n) is 4.84. The van der Waals surface area contributed by atoms with Crippen molar-refractivity contribution in [3.63, 3.8) is 0 Å². The molecule has 1 N–H and O–H groups in total. The maximum atomic E-state index is 9.40. The third kappa shape index (κ3) is 13.4. The van der Waals surface area contributed by atoms with Crippen LogP contribution >= 0.6 is 0 Å². The van der Waals surface area contributed by atoms with Gasteiger partial charge in [0.2, 0.25) is 10.4 Å². The van der Waals surface area contributed by atoms with E-state index in [0.29, 0.717) is 0 Å². The van der Waals surface area contributed by atoms with E-state index in [-0.39, 0.29) is 0 Å². The van der Waals surface area contributed by atoms with E-state index in [2.05, 4.69) is 55.1 Å². The number of benzene rings is 1. The summed E-state index contributed by atoms with van der Waals surface area (Å²) < 4.78 is 57.9. The average Bonchev–Trinajstić information content (AvgIpc) is 2.10. The molecule has 1 rings (SSSR count). The zero-order chi connectivity index (χ0) is 16.0. The predicted octanol–water partition coefficient (Wildman–Crippen LogP) is 0.159. The summed E-state index contributed by atoms with van der Waals surface area (Å²) in [6, 6.07) is 10.6. The Bertz CT molecular complexity index is 573. The highest BCUT2D eigenvalue weighted by Gasteiger charge is 2.08. The van der Waals surface area contributed by atoms with Crippen LogP contribution in [0.3, 0.4) is 0 Å². The largest absolute Gasteiger partial charge is 0.725 e. The van der Waals surface area contributed by atoms with Crippen LogP contribution in [0.5, 0.6) is 0 Å². The van der Waals surface area contributed by atoms with Gasteiger partial charge in [-0.1, -0.05) is 30.3 Å². The molecule has 0 saturated heterocycles. The molecule has 116 valence electrons. The van der Waals surface area contributed by atoms with E-state index in [1.54, 1.807) is 0 Å². The topological polar surface area (TPSA) is 121 Å². The quantitative estimate of drug-likeness (QED) is 0.475. The fourth-order valence-corrected chi connectivity index (χ4v) is 2.08. The minimum atomic E-state index is -5.37. The van der Waals surface area contributed by atoms with Crippen molar-refractivity contribution in [1.29, 1.82) is 0 Å². The van der Waals surface area contributed by atoms with Gasteiger partial charge in [-0.15, -0.1) is 3.63 Å². The van der Waals surface area contributed by atoms with Gasteiger partial charge in [-0.05, 0) is 0 Å². The Morgan fingerprint density at radius 1 is 1.10 bits per heavy atom. The van der Waals surface area contributed by atoms with Crippen molar-refractivity contribution < 1.29 is 34.1 Å². The van der Waals surface area contributed by atoms with Gasteiger partial charge in [-0.2, -0.15) is 8.42 Å². The Labute approximate surface area is 119 Å². The van der Waals surface area contributed by atoms with Crippen LogP contribution in [-0.2, 0) is 31.0 Å². The second-order valence-corrected chi connectivity index (χ2v) is 7.05. The molecule has 0 atom stereocenters. The van der Waals surface area contributed by atoms with Gasteiger partial charge in [0.25, 0.3) is 0 Å². The Morgan fingerprint density at radius 3 is 1.80 bits per heavy atom. The summed E-state index contributed by atoms with van der Waals surface area (Å²) in [6.45, 7) is 1.10. The molecule has 0 saturated carbocycles. The van der Waals surface area contributed by atoms with E-state index < -0.39 is 20.8 Å². The molecule has 0 aliphatic heterocycles. The third-order valence-electron chi connectivity index (χ3n) is 1.67. The molecule has 0 heterocycles. The van der Waals surface area contributed by atoms with Crippen LogP contribution in [-0.4, -0.2) is 51.6 Å². The maximum Gasteiger partial charge on any atom is 0.411 e. The number of quaternary nitrogens is 1. The summed E-state index contributed by atoms with van der Waals surface area (Å²) in [7, 11) is -3.95. The summed E-state index contributed by atoms with van der Waals surface area (Å²) in [4.78, 5) is 0. The molecule has 1 aromatic rings. The monoisotopic (exact) mass is 327 g/mol. The summed E-state index contributed by atoms with van der Waals surface area (Å²) in [5.41, 5.74) is 1.40. The van der Waals surface area contributed by atoms with Crippen LogP contribution < -0.4 is 0 Å². The standard InChI is InChI=1S/C10H16N.H2O7S2/c1-11(2,3)9-10-7-5-4-6-8-10;1-8(2,3)7-9(4,5)6/h4-8H,9H2,1-3H3;(H,1,2,3)(H,4,5,6)/q+1;/p-1. The van der Waals surface area contributed by atoms with E-state index in [0.717, 1.165) is 11.0 Å². The number of nitrogens with zero attached hydrogens (tertiary/aromatic N) is 1. The molecule has 1 aromatic carbocycles. The summed E-state index contributed by atoms with van der Waals surface area (Å²) >= 11 is 0. The van der Waals surface area contributed by atoms with Crippen LogP contribution in [0.25, 0.3) is 0 Å². The van der Waals surface area contributed by atoms with Crippen molar-refractivity contribution in [2.45, 2.75) is 6.54 Å². The summed E-state index contributed by atoms with van der Waals surface area (Å²) in [5, 5.41) is 0. The highest BCUT2D eigenvalue weighted by molar-refractivity contribution is 7.94. The molecule has 0 aromatic heterocycles. The fraction of sp³-hybridized carbons (Fsp3) is 0.400. The lowest BCUT2D eigenvalue weighted by Gasteiger charge is -2.23. The highest BCUT2D eigenvalue weighted by Crippen LogP contribution is 2.05. The molecule has 0 unspecified atom stereocenters. The molecular weight excluding hydrogens is 310 g/mol.